The number of carbonyl (C=O) groups excluding carboxylic acids is 1. The van der Waals surface area contributed by atoms with Crippen LogP contribution in [0, 0.1) is 17.3 Å². The molecule has 1 heterocycles. The fourth-order valence-electron chi connectivity index (χ4n) is 3.59. The van der Waals surface area contributed by atoms with Crippen molar-refractivity contribution in [3.05, 3.63) is 0 Å². The molecule has 2 fully saturated rings. The molecule has 0 spiro atoms. The predicted octanol–water partition coefficient (Wildman–Crippen LogP) is 4.22. The fraction of sp³-hybridized carbons (Fsp3) is 0.938. The molecule has 110 valence electrons. The normalized spacial score (nSPS) is 33.3. The SMILES string of the molecule is CC(C)(C)C1CCC(C(=O)N2CCCC(Br)C2)CC1. The molecule has 1 saturated heterocycles. The Balaban J connectivity index is 1.85. The Morgan fingerprint density at radius 2 is 1.74 bits per heavy atom. The molecule has 1 unspecified atom stereocenters. The van der Waals surface area contributed by atoms with Gasteiger partial charge in [0.1, 0.15) is 0 Å². The monoisotopic (exact) mass is 329 g/mol. The molecule has 0 N–H and O–H groups in total. The van der Waals surface area contributed by atoms with Crippen LogP contribution in [0.15, 0.2) is 0 Å². The van der Waals surface area contributed by atoms with Crippen molar-refractivity contribution in [3.8, 4) is 0 Å². The van der Waals surface area contributed by atoms with E-state index in [1.54, 1.807) is 0 Å². The minimum absolute atomic E-state index is 0.302. The van der Waals surface area contributed by atoms with E-state index in [9.17, 15) is 4.79 Å². The fourth-order valence-corrected chi connectivity index (χ4v) is 4.26. The first-order valence-corrected chi connectivity index (χ1v) is 8.72. The van der Waals surface area contributed by atoms with Gasteiger partial charge < -0.3 is 4.90 Å². The lowest BCUT2D eigenvalue weighted by molar-refractivity contribution is -0.138. The van der Waals surface area contributed by atoms with Gasteiger partial charge in [0.2, 0.25) is 5.91 Å². The lowest BCUT2D eigenvalue weighted by Gasteiger charge is -2.39. The molecular weight excluding hydrogens is 302 g/mol. The van der Waals surface area contributed by atoms with Gasteiger partial charge in [0.15, 0.2) is 0 Å². The van der Waals surface area contributed by atoms with Gasteiger partial charge in [-0.05, 0) is 49.9 Å². The maximum atomic E-state index is 12.6. The van der Waals surface area contributed by atoms with Crippen LogP contribution >= 0.6 is 15.9 Å². The van der Waals surface area contributed by atoms with Crippen LogP contribution in [0.3, 0.4) is 0 Å². The van der Waals surface area contributed by atoms with Crippen LogP contribution in [0.2, 0.25) is 0 Å². The maximum Gasteiger partial charge on any atom is 0.225 e. The highest BCUT2D eigenvalue weighted by Crippen LogP contribution is 2.40. The van der Waals surface area contributed by atoms with E-state index in [2.05, 4.69) is 41.6 Å². The van der Waals surface area contributed by atoms with Crippen LogP contribution in [0.1, 0.15) is 59.3 Å². The minimum atomic E-state index is 0.302. The molecule has 1 aliphatic carbocycles. The van der Waals surface area contributed by atoms with Gasteiger partial charge in [0.05, 0.1) is 0 Å². The zero-order valence-electron chi connectivity index (χ0n) is 12.6. The van der Waals surface area contributed by atoms with Gasteiger partial charge in [-0.1, -0.05) is 36.7 Å². The lowest BCUT2D eigenvalue weighted by Crippen LogP contribution is -2.44. The van der Waals surface area contributed by atoms with Crippen molar-refractivity contribution in [1.29, 1.82) is 0 Å². The summed E-state index contributed by atoms with van der Waals surface area (Å²) in [6.07, 6.45) is 7.02. The first kappa shape index (κ1) is 15.3. The molecule has 2 rings (SSSR count). The summed E-state index contributed by atoms with van der Waals surface area (Å²) < 4.78 is 0. The molecule has 0 radical (unpaired) electrons. The van der Waals surface area contributed by atoms with Crippen molar-refractivity contribution in [2.45, 2.75) is 64.1 Å². The summed E-state index contributed by atoms with van der Waals surface area (Å²) >= 11 is 3.66. The average Bonchev–Trinajstić information content (AvgIpc) is 2.37. The number of hydrogen-bond donors (Lipinski definition) is 0. The molecule has 0 aromatic heterocycles. The zero-order valence-corrected chi connectivity index (χ0v) is 14.2. The van der Waals surface area contributed by atoms with Gasteiger partial charge in [-0.15, -0.1) is 0 Å². The molecule has 2 nitrogen and oxygen atoms in total. The highest BCUT2D eigenvalue weighted by atomic mass is 79.9. The smallest absolute Gasteiger partial charge is 0.225 e. The van der Waals surface area contributed by atoms with Gasteiger partial charge in [-0.25, -0.2) is 0 Å². The summed E-state index contributed by atoms with van der Waals surface area (Å²) in [7, 11) is 0. The quantitative estimate of drug-likeness (QED) is 0.659. The molecule has 1 saturated carbocycles. The van der Waals surface area contributed by atoms with Crippen LogP contribution in [0.4, 0.5) is 0 Å². The molecule has 1 amide bonds. The van der Waals surface area contributed by atoms with Crippen LogP contribution in [-0.2, 0) is 4.79 Å². The summed E-state index contributed by atoms with van der Waals surface area (Å²) in [4.78, 5) is 15.2. The molecule has 1 atom stereocenters. The standard InChI is InChI=1S/C16H28BrNO/c1-16(2,3)13-8-6-12(7-9-13)15(19)18-10-4-5-14(17)11-18/h12-14H,4-11H2,1-3H3. The van der Waals surface area contributed by atoms with Crippen molar-refractivity contribution in [2.24, 2.45) is 17.3 Å². The summed E-state index contributed by atoms with van der Waals surface area (Å²) in [5.74, 6) is 1.52. The van der Waals surface area contributed by atoms with E-state index in [-0.39, 0.29) is 0 Å². The number of alkyl halides is 1. The molecule has 0 aromatic carbocycles. The van der Waals surface area contributed by atoms with Crippen molar-refractivity contribution in [3.63, 3.8) is 0 Å². The second-order valence-electron chi connectivity index (χ2n) is 7.44. The van der Waals surface area contributed by atoms with E-state index in [4.69, 9.17) is 0 Å². The van der Waals surface area contributed by atoms with E-state index >= 15 is 0 Å². The Morgan fingerprint density at radius 3 is 2.26 bits per heavy atom. The number of rotatable bonds is 1. The van der Waals surface area contributed by atoms with E-state index in [0.29, 0.717) is 22.1 Å². The van der Waals surface area contributed by atoms with Gasteiger partial charge in [-0.2, -0.15) is 0 Å². The topological polar surface area (TPSA) is 20.3 Å². The van der Waals surface area contributed by atoms with E-state index in [1.807, 2.05) is 0 Å². The molecule has 3 heteroatoms. The molecule has 0 bridgehead atoms. The number of carbonyl (C=O) groups is 1. The van der Waals surface area contributed by atoms with Crippen molar-refractivity contribution in [2.75, 3.05) is 13.1 Å². The second-order valence-corrected chi connectivity index (χ2v) is 8.73. The molecular formula is C16H28BrNO. The molecule has 19 heavy (non-hydrogen) atoms. The Bertz CT molecular complexity index is 315. The second kappa shape index (κ2) is 6.15. The Kier molecular flexibility index (Phi) is 4.97. The van der Waals surface area contributed by atoms with Crippen LogP contribution < -0.4 is 0 Å². The van der Waals surface area contributed by atoms with Gasteiger partial charge in [0, 0.05) is 23.8 Å². The third kappa shape index (κ3) is 3.96. The summed E-state index contributed by atoms with van der Waals surface area (Å²) in [5, 5.41) is 0. The number of nitrogens with zero attached hydrogens (tertiary/aromatic N) is 1. The Labute approximate surface area is 126 Å². The number of hydrogen-bond acceptors (Lipinski definition) is 1. The first-order valence-electron chi connectivity index (χ1n) is 7.81. The first-order chi connectivity index (χ1) is 8.88. The number of halogens is 1. The molecule has 2 aliphatic rings. The van der Waals surface area contributed by atoms with E-state index < -0.39 is 0 Å². The zero-order chi connectivity index (χ0) is 14.0. The van der Waals surface area contributed by atoms with E-state index in [0.717, 1.165) is 38.3 Å². The van der Waals surface area contributed by atoms with E-state index in [1.165, 1.54) is 19.3 Å². The van der Waals surface area contributed by atoms with Gasteiger partial charge in [-0.3, -0.25) is 4.79 Å². The number of piperidine rings is 1. The Hall–Kier alpha value is -0.0500. The molecule has 1 aliphatic heterocycles. The van der Waals surface area contributed by atoms with Crippen molar-refractivity contribution >= 4 is 21.8 Å². The van der Waals surface area contributed by atoms with Gasteiger partial charge in [0.25, 0.3) is 0 Å². The number of likely N-dealkylation sites (tertiary alicyclic amines) is 1. The summed E-state index contributed by atoms with van der Waals surface area (Å²) in [6.45, 7) is 8.89. The van der Waals surface area contributed by atoms with Crippen LogP contribution in [0.25, 0.3) is 0 Å². The summed E-state index contributed by atoms with van der Waals surface area (Å²) in [6, 6.07) is 0. The Morgan fingerprint density at radius 1 is 1.11 bits per heavy atom. The van der Waals surface area contributed by atoms with Crippen LogP contribution in [0.5, 0.6) is 0 Å². The predicted molar refractivity (Wildman–Crippen MR) is 83.4 cm³/mol. The van der Waals surface area contributed by atoms with Crippen molar-refractivity contribution in [1.82, 2.24) is 4.90 Å². The highest BCUT2D eigenvalue weighted by Gasteiger charge is 2.34. The number of amides is 1. The third-order valence-electron chi connectivity index (χ3n) is 4.98. The molecule has 0 aromatic rings. The average molecular weight is 330 g/mol. The lowest BCUT2D eigenvalue weighted by atomic mass is 9.69. The third-order valence-corrected chi connectivity index (χ3v) is 5.72. The van der Waals surface area contributed by atoms with Crippen LogP contribution in [-0.4, -0.2) is 28.7 Å². The largest absolute Gasteiger partial charge is 0.341 e. The summed E-state index contributed by atoms with van der Waals surface area (Å²) in [5.41, 5.74) is 0.403. The van der Waals surface area contributed by atoms with Gasteiger partial charge >= 0.3 is 0 Å². The maximum absolute atomic E-state index is 12.6. The highest BCUT2D eigenvalue weighted by molar-refractivity contribution is 9.09. The van der Waals surface area contributed by atoms with Crippen molar-refractivity contribution < 1.29 is 4.79 Å². The minimum Gasteiger partial charge on any atom is -0.341 e.